The van der Waals surface area contributed by atoms with Gasteiger partial charge in [-0.25, -0.2) is 0 Å². The molecule has 1 heterocycles. The number of piperidine rings is 1. The number of aliphatic hydroxyl groups is 1. The Hall–Kier alpha value is -0.160. The average molecular weight is 283 g/mol. The number of nitrogens with zero attached hydrogens (tertiary/aromatic N) is 2. The molecule has 2 aliphatic rings. The molecule has 20 heavy (non-hydrogen) atoms. The Morgan fingerprint density at radius 2 is 1.75 bits per heavy atom. The molecule has 118 valence electrons. The van der Waals surface area contributed by atoms with Gasteiger partial charge in [-0.1, -0.05) is 19.3 Å². The second-order valence-corrected chi connectivity index (χ2v) is 6.93. The van der Waals surface area contributed by atoms with Crippen LogP contribution in [0.25, 0.3) is 0 Å². The molecule has 1 aliphatic heterocycles. The molecule has 1 saturated heterocycles. The van der Waals surface area contributed by atoms with Crippen molar-refractivity contribution in [3.8, 4) is 0 Å². The van der Waals surface area contributed by atoms with Gasteiger partial charge in [0.25, 0.3) is 0 Å². The van der Waals surface area contributed by atoms with Gasteiger partial charge >= 0.3 is 0 Å². The van der Waals surface area contributed by atoms with Crippen molar-refractivity contribution in [3.05, 3.63) is 0 Å². The Kier molecular flexibility index (Phi) is 6.75. The fourth-order valence-corrected chi connectivity index (χ4v) is 3.70. The van der Waals surface area contributed by atoms with E-state index in [1.807, 2.05) is 19.0 Å². The van der Waals surface area contributed by atoms with Gasteiger partial charge < -0.3 is 20.2 Å². The Balaban J connectivity index is 1.61. The fourth-order valence-electron chi connectivity index (χ4n) is 3.70. The molecule has 2 fully saturated rings. The maximum atomic E-state index is 9.89. The molecular formula is C16H33N3O. The van der Waals surface area contributed by atoms with E-state index in [4.69, 9.17) is 0 Å². The quantitative estimate of drug-likeness (QED) is 0.771. The lowest BCUT2D eigenvalue weighted by Gasteiger charge is -2.39. The second kappa shape index (κ2) is 8.32. The molecule has 4 heteroatoms. The number of aliphatic hydroxyl groups excluding tert-OH is 1. The Morgan fingerprint density at radius 3 is 2.35 bits per heavy atom. The van der Waals surface area contributed by atoms with Crippen LogP contribution in [0.15, 0.2) is 0 Å². The van der Waals surface area contributed by atoms with Gasteiger partial charge in [-0.05, 0) is 52.9 Å². The van der Waals surface area contributed by atoms with E-state index >= 15 is 0 Å². The zero-order chi connectivity index (χ0) is 14.4. The molecule has 2 rings (SSSR count). The highest BCUT2D eigenvalue weighted by molar-refractivity contribution is 4.83. The molecule has 0 aromatic heterocycles. The molecule has 0 amide bonds. The smallest absolute Gasteiger partial charge is 0.0791 e. The normalized spacial score (nSPS) is 25.2. The Labute approximate surface area is 124 Å². The van der Waals surface area contributed by atoms with E-state index in [1.165, 1.54) is 58.0 Å². The summed E-state index contributed by atoms with van der Waals surface area (Å²) >= 11 is 0. The molecule has 1 aliphatic carbocycles. The van der Waals surface area contributed by atoms with Crippen LogP contribution in [0, 0.1) is 0 Å². The number of nitrogens with one attached hydrogen (secondary N) is 1. The van der Waals surface area contributed by atoms with E-state index in [9.17, 15) is 5.11 Å². The summed E-state index contributed by atoms with van der Waals surface area (Å²) < 4.78 is 0. The molecule has 0 spiro atoms. The Morgan fingerprint density at radius 1 is 1.10 bits per heavy atom. The zero-order valence-corrected chi connectivity index (χ0v) is 13.4. The third-order valence-electron chi connectivity index (χ3n) is 4.84. The van der Waals surface area contributed by atoms with Gasteiger partial charge in [0, 0.05) is 25.2 Å². The lowest BCUT2D eigenvalue weighted by Crippen LogP contribution is -2.49. The van der Waals surface area contributed by atoms with Gasteiger partial charge in [0.15, 0.2) is 0 Å². The first-order chi connectivity index (χ1) is 9.65. The van der Waals surface area contributed by atoms with Gasteiger partial charge in [0.05, 0.1) is 6.10 Å². The summed E-state index contributed by atoms with van der Waals surface area (Å²) in [6.07, 6.45) is 9.37. The molecule has 0 aromatic carbocycles. The second-order valence-electron chi connectivity index (χ2n) is 6.93. The predicted octanol–water partition coefficient (Wildman–Crippen LogP) is 1.30. The summed E-state index contributed by atoms with van der Waals surface area (Å²) in [5.74, 6) is 0. The molecule has 1 unspecified atom stereocenters. The third-order valence-corrected chi connectivity index (χ3v) is 4.84. The SMILES string of the molecule is CN(C)CC(O)CNC1CCN(C2CCCCC2)CC1. The van der Waals surface area contributed by atoms with Gasteiger partial charge in [-0.15, -0.1) is 0 Å². The first kappa shape index (κ1) is 16.2. The van der Waals surface area contributed by atoms with Crippen molar-refractivity contribution in [1.29, 1.82) is 0 Å². The van der Waals surface area contributed by atoms with Crippen LogP contribution in [-0.4, -0.2) is 73.4 Å². The van der Waals surface area contributed by atoms with Crippen molar-refractivity contribution in [2.75, 3.05) is 40.3 Å². The van der Waals surface area contributed by atoms with Crippen molar-refractivity contribution < 1.29 is 5.11 Å². The highest BCUT2D eigenvalue weighted by Crippen LogP contribution is 2.25. The van der Waals surface area contributed by atoms with E-state index in [-0.39, 0.29) is 6.10 Å². The van der Waals surface area contributed by atoms with E-state index in [0.717, 1.165) is 19.1 Å². The van der Waals surface area contributed by atoms with Crippen molar-refractivity contribution in [3.63, 3.8) is 0 Å². The number of likely N-dealkylation sites (N-methyl/N-ethyl adjacent to an activating group) is 1. The van der Waals surface area contributed by atoms with Crippen molar-refractivity contribution in [1.82, 2.24) is 15.1 Å². The zero-order valence-electron chi connectivity index (χ0n) is 13.4. The van der Waals surface area contributed by atoms with Crippen LogP contribution >= 0.6 is 0 Å². The fraction of sp³-hybridized carbons (Fsp3) is 1.00. The first-order valence-electron chi connectivity index (χ1n) is 8.45. The van der Waals surface area contributed by atoms with E-state index < -0.39 is 0 Å². The summed E-state index contributed by atoms with van der Waals surface area (Å²) in [6, 6.07) is 1.47. The van der Waals surface area contributed by atoms with Crippen molar-refractivity contribution in [2.24, 2.45) is 0 Å². The van der Waals surface area contributed by atoms with Gasteiger partial charge in [-0.3, -0.25) is 0 Å². The molecular weight excluding hydrogens is 250 g/mol. The lowest BCUT2D eigenvalue weighted by atomic mass is 9.92. The maximum Gasteiger partial charge on any atom is 0.0791 e. The van der Waals surface area contributed by atoms with Gasteiger partial charge in [0.1, 0.15) is 0 Å². The Bertz CT molecular complexity index is 258. The molecule has 0 bridgehead atoms. The van der Waals surface area contributed by atoms with E-state index in [2.05, 4.69) is 10.2 Å². The van der Waals surface area contributed by atoms with Crippen molar-refractivity contribution >= 4 is 0 Å². The standard InChI is InChI=1S/C16H33N3O/c1-18(2)13-16(20)12-17-14-8-10-19(11-9-14)15-6-4-3-5-7-15/h14-17,20H,3-13H2,1-2H3. The molecule has 4 nitrogen and oxygen atoms in total. The van der Waals surface area contributed by atoms with Crippen molar-refractivity contribution in [2.45, 2.75) is 63.1 Å². The topological polar surface area (TPSA) is 38.7 Å². The summed E-state index contributed by atoms with van der Waals surface area (Å²) in [7, 11) is 4.01. The molecule has 0 aromatic rings. The van der Waals surface area contributed by atoms with Gasteiger partial charge in [0.2, 0.25) is 0 Å². The summed E-state index contributed by atoms with van der Waals surface area (Å²) in [5, 5.41) is 13.4. The van der Waals surface area contributed by atoms with Crippen LogP contribution in [0.3, 0.4) is 0 Å². The largest absolute Gasteiger partial charge is 0.390 e. The molecule has 1 atom stereocenters. The highest BCUT2D eigenvalue weighted by Gasteiger charge is 2.26. The molecule has 1 saturated carbocycles. The van der Waals surface area contributed by atoms with E-state index in [0.29, 0.717) is 6.04 Å². The molecule has 2 N–H and O–H groups in total. The predicted molar refractivity (Wildman–Crippen MR) is 84.0 cm³/mol. The lowest BCUT2D eigenvalue weighted by molar-refractivity contribution is 0.101. The summed E-state index contributed by atoms with van der Waals surface area (Å²) in [6.45, 7) is 3.96. The van der Waals surface area contributed by atoms with Gasteiger partial charge in [-0.2, -0.15) is 0 Å². The minimum atomic E-state index is -0.249. The monoisotopic (exact) mass is 283 g/mol. The minimum Gasteiger partial charge on any atom is -0.390 e. The van der Waals surface area contributed by atoms with E-state index in [1.54, 1.807) is 0 Å². The summed E-state index contributed by atoms with van der Waals surface area (Å²) in [5.41, 5.74) is 0. The number of hydrogen-bond acceptors (Lipinski definition) is 4. The summed E-state index contributed by atoms with van der Waals surface area (Å²) in [4.78, 5) is 4.76. The average Bonchev–Trinajstić information content (AvgIpc) is 2.46. The first-order valence-corrected chi connectivity index (χ1v) is 8.45. The number of rotatable bonds is 6. The maximum absolute atomic E-state index is 9.89. The number of hydrogen-bond donors (Lipinski definition) is 2. The van der Waals surface area contributed by atoms with Crippen LogP contribution in [-0.2, 0) is 0 Å². The van der Waals surface area contributed by atoms with Crippen LogP contribution in [0.5, 0.6) is 0 Å². The number of likely N-dealkylation sites (tertiary alicyclic amines) is 1. The van der Waals surface area contributed by atoms with Crippen LogP contribution in [0.4, 0.5) is 0 Å². The van der Waals surface area contributed by atoms with Crippen LogP contribution in [0.1, 0.15) is 44.9 Å². The van der Waals surface area contributed by atoms with Crippen LogP contribution in [0.2, 0.25) is 0 Å². The highest BCUT2D eigenvalue weighted by atomic mass is 16.3. The third kappa shape index (κ3) is 5.32. The van der Waals surface area contributed by atoms with Crippen LogP contribution < -0.4 is 5.32 Å². The molecule has 0 radical (unpaired) electrons. The minimum absolute atomic E-state index is 0.249.